The Kier molecular flexibility index (Phi) is 8.04. The summed E-state index contributed by atoms with van der Waals surface area (Å²) in [5, 5.41) is 35.6. The SMILES string of the molecule is COc1cc(/C=N\NC(=O)CC[C@H](C)[C@H]2CC[C@H]3[C@@H]4[C@@H](O)C[C@H]5C[C@@H](O)CC[C@]5(C)[C@H]4CC[C@]23C)ccc1O. The summed E-state index contributed by atoms with van der Waals surface area (Å²) in [4.78, 5) is 12.6. The molecule has 0 radical (unpaired) electrons. The molecule has 7 nitrogen and oxygen atoms in total. The van der Waals surface area contributed by atoms with E-state index in [4.69, 9.17) is 4.74 Å². The number of phenolic OH excluding ortho intramolecular Hbond substituents is 1. The third kappa shape index (κ3) is 5.21. The number of hydrogen-bond acceptors (Lipinski definition) is 6. The molecule has 0 unspecified atom stereocenters. The lowest BCUT2D eigenvalue weighted by Gasteiger charge is -2.62. The second kappa shape index (κ2) is 11.0. The highest BCUT2D eigenvalue weighted by atomic mass is 16.5. The van der Waals surface area contributed by atoms with Crippen molar-refractivity contribution < 1.29 is 24.9 Å². The number of aliphatic hydroxyl groups is 2. The standard InChI is InChI=1S/C32H48N2O5/c1-19(5-10-29(38)34-33-18-20-6-9-26(36)28(15-20)39-4)23-7-8-24-30-25(12-14-32(23,24)3)31(2)13-11-22(35)16-21(31)17-27(30)37/h6,9,15,18-19,21-25,27,30,35-37H,5,7-8,10-14,16-17H2,1-4H3,(H,34,38)/b33-18-/t19-,21+,22-,23+,24-,25-,27-,30-,31-,32+/m0/s1. The van der Waals surface area contributed by atoms with Gasteiger partial charge in [-0.15, -0.1) is 0 Å². The van der Waals surface area contributed by atoms with E-state index in [1.54, 1.807) is 18.3 Å². The minimum absolute atomic E-state index is 0.0641. The maximum Gasteiger partial charge on any atom is 0.240 e. The Balaban J connectivity index is 1.18. The Hall–Kier alpha value is -2.12. The summed E-state index contributed by atoms with van der Waals surface area (Å²) in [6, 6.07) is 4.92. The number of rotatable bonds is 7. The molecule has 0 bridgehead atoms. The number of ether oxygens (including phenoxy) is 1. The molecule has 10 atom stereocenters. The van der Waals surface area contributed by atoms with Crippen LogP contribution in [0.1, 0.15) is 90.5 Å². The van der Waals surface area contributed by atoms with Crippen molar-refractivity contribution in [3.63, 3.8) is 0 Å². The molecule has 0 heterocycles. The van der Waals surface area contributed by atoms with Crippen molar-refractivity contribution in [2.45, 2.75) is 97.2 Å². The van der Waals surface area contributed by atoms with Crippen LogP contribution in [-0.4, -0.2) is 46.8 Å². The van der Waals surface area contributed by atoms with E-state index in [-0.39, 0.29) is 34.7 Å². The quantitative estimate of drug-likeness (QED) is 0.279. The van der Waals surface area contributed by atoms with E-state index in [1.807, 2.05) is 0 Å². The van der Waals surface area contributed by atoms with Crippen LogP contribution in [0.15, 0.2) is 23.3 Å². The average Bonchev–Trinajstić information content (AvgIpc) is 3.26. The predicted octanol–water partition coefficient (Wildman–Crippen LogP) is 5.26. The monoisotopic (exact) mass is 540 g/mol. The lowest BCUT2D eigenvalue weighted by molar-refractivity contribution is -0.174. The topological polar surface area (TPSA) is 111 Å². The van der Waals surface area contributed by atoms with Crippen LogP contribution in [0.5, 0.6) is 11.5 Å². The van der Waals surface area contributed by atoms with Gasteiger partial charge in [0, 0.05) is 6.42 Å². The Bertz CT molecular complexity index is 1080. The van der Waals surface area contributed by atoms with Gasteiger partial charge >= 0.3 is 0 Å². The van der Waals surface area contributed by atoms with Crippen LogP contribution in [0.25, 0.3) is 0 Å². The molecule has 1 amide bonds. The van der Waals surface area contributed by atoms with Gasteiger partial charge < -0.3 is 20.1 Å². The molecule has 1 aromatic rings. The maximum absolute atomic E-state index is 12.6. The number of fused-ring (bicyclic) bond motifs is 5. The molecule has 0 spiro atoms. The van der Waals surface area contributed by atoms with Gasteiger partial charge in [-0.2, -0.15) is 5.10 Å². The molecule has 4 saturated carbocycles. The van der Waals surface area contributed by atoms with E-state index in [9.17, 15) is 20.1 Å². The van der Waals surface area contributed by atoms with Gasteiger partial charge in [0.25, 0.3) is 0 Å². The number of aliphatic hydroxyl groups excluding tert-OH is 2. The molecule has 4 fully saturated rings. The van der Waals surface area contributed by atoms with E-state index in [2.05, 4.69) is 31.3 Å². The summed E-state index contributed by atoms with van der Waals surface area (Å²) in [6.45, 7) is 7.25. The van der Waals surface area contributed by atoms with Crippen molar-refractivity contribution in [1.29, 1.82) is 0 Å². The van der Waals surface area contributed by atoms with Crippen LogP contribution in [0.2, 0.25) is 0 Å². The zero-order valence-electron chi connectivity index (χ0n) is 24.1. The molecule has 0 aliphatic heterocycles. The average molecular weight is 541 g/mol. The molecular formula is C32H48N2O5. The molecule has 0 aromatic heterocycles. The number of hydrazone groups is 1. The van der Waals surface area contributed by atoms with E-state index in [1.165, 1.54) is 38.9 Å². The summed E-state index contributed by atoms with van der Waals surface area (Å²) in [5.74, 6) is 3.25. The number of nitrogens with one attached hydrogen (secondary N) is 1. The van der Waals surface area contributed by atoms with Crippen molar-refractivity contribution in [2.75, 3.05) is 7.11 Å². The number of carbonyl (C=O) groups is 1. The lowest BCUT2D eigenvalue weighted by Crippen LogP contribution is -2.58. The first-order valence-electron chi connectivity index (χ1n) is 15.1. The van der Waals surface area contributed by atoms with Crippen LogP contribution < -0.4 is 10.2 Å². The molecule has 4 N–H and O–H groups in total. The van der Waals surface area contributed by atoms with E-state index < -0.39 is 0 Å². The van der Waals surface area contributed by atoms with Crippen molar-refractivity contribution >= 4 is 12.1 Å². The fourth-order valence-corrected chi connectivity index (χ4v) is 9.74. The van der Waals surface area contributed by atoms with Gasteiger partial charge in [-0.05, 0) is 128 Å². The second-order valence-corrected chi connectivity index (χ2v) is 13.7. The summed E-state index contributed by atoms with van der Waals surface area (Å²) in [5.41, 5.74) is 3.84. The molecule has 216 valence electrons. The number of nitrogens with zero attached hydrogens (tertiary/aromatic N) is 1. The summed E-state index contributed by atoms with van der Waals surface area (Å²) < 4.78 is 5.12. The molecular weight excluding hydrogens is 492 g/mol. The molecule has 39 heavy (non-hydrogen) atoms. The minimum atomic E-state index is -0.255. The summed E-state index contributed by atoms with van der Waals surface area (Å²) in [7, 11) is 1.49. The molecule has 5 rings (SSSR count). The Morgan fingerprint density at radius 2 is 1.87 bits per heavy atom. The van der Waals surface area contributed by atoms with Gasteiger partial charge in [0.05, 0.1) is 25.5 Å². The van der Waals surface area contributed by atoms with Gasteiger partial charge in [0.1, 0.15) is 0 Å². The first-order valence-corrected chi connectivity index (χ1v) is 15.1. The normalized spacial score (nSPS) is 40.4. The van der Waals surface area contributed by atoms with E-state index in [0.717, 1.165) is 37.7 Å². The highest BCUT2D eigenvalue weighted by molar-refractivity contribution is 5.83. The van der Waals surface area contributed by atoms with Crippen molar-refractivity contribution in [3.8, 4) is 11.5 Å². The van der Waals surface area contributed by atoms with Gasteiger partial charge in [0.15, 0.2) is 11.5 Å². The van der Waals surface area contributed by atoms with E-state index in [0.29, 0.717) is 47.7 Å². The fraction of sp³-hybridized carbons (Fsp3) is 0.750. The Morgan fingerprint density at radius 1 is 1.13 bits per heavy atom. The predicted molar refractivity (Wildman–Crippen MR) is 151 cm³/mol. The Morgan fingerprint density at radius 3 is 2.64 bits per heavy atom. The summed E-state index contributed by atoms with van der Waals surface area (Å²) in [6.07, 6.45) is 10.8. The molecule has 4 aliphatic carbocycles. The first-order chi connectivity index (χ1) is 18.6. The van der Waals surface area contributed by atoms with Crippen LogP contribution in [0, 0.1) is 46.3 Å². The summed E-state index contributed by atoms with van der Waals surface area (Å²) >= 11 is 0. The molecule has 7 heteroatoms. The molecule has 4 aliphatic rings. The van der Waals surface area contributed by atoms with Crippen molar-refractivity contribution in [3.05, 3.63) is 23.8 Å². The van der Waals surface area contributed by atoms with Crippen LogP contribution in [0.3, 0.4) is 0 Å². The third-order valence-electron chi connectivity index (χ3n) is 11.8. The van der Waals surface area contributed by atoms with Gasteiger partial charge in [-0.3, -0.25) is 4.79 Å². The first kappa shape index (κ1) is 28.4. The number of phenols is 1. The van der Waals surface area contributed by atoms with Crippen LogP contribution >= 0.6 is 0 Å². The number of aromatic hydroxyl groups is 1. The third-order valence-corrected chi connectivity index (χ3v) is 11.8. The smallest absolute Gasteiger partial charge is 0.240 e. The molecule has 0 saturated heterocycles. The zero-order valence-corrected chi connectivity index (χ0v) is 24.1. The maximum atomic E-state index is 12.6. The number of amides is 1. The highest BCUT2D eigenvalue weighted by Gasteiger charge is 2.62. The minimum Gasteiger partial charge on any atom is -0.504 e. The second-order valence-electron chi connectivity index (χ2n) is 13.7. The lowest BCUT2D eigenvalue weighted by atomic mass is 9.43. The molecule has 1 aromatic carbocycles. The number of carbonyl (C=O) groups excluding carboxylic acids is 1. The van der Waals surface area contributed by atoms with E-state index >= 15 is 0 Å². The largest absolute Gasteiger partial charge is 0.504 e. The van der Waals surface area contributed by atoms with Crippen molar-refractivity contribution in [2.24, 2.45) is 51.4 Å². The number of benzene rings is 1. The number of hydrogen-bond donors (Lipinski definition) is 4. The fourth-order valence-electron chi connectivity index (χ4n) is 9.74. The van der Waals surface area contributed by atoms with Gasteiger partial charge in [-0.1, -0.05) is 20.8 Å². The van der Waals surface area contributed by atoms with Gasteiger partial charge in [0.2, 0.25) is 5.91 Å². The van der Waals surface area contributed by atoms with Crippen molar-refractivity contribution in [1.82, 2.24) is 5.43 Å². The van der Waals surface area contributed by atoms with Gasteiger partial charge in [-0.25, -0.2) is 5.43 Å². The highest BCUT2D eigenvalue weighted by Crippen LogP contribution is 2.68. The van der Waals surface area contributed by atoms with Crippen LogP contribution in [-0.2, 0) is 4.79 Å². The zero-order chi connectivity index (χ0) is 27.9. The number of methoxy groups -OCH3 is 1. The Labute approximate surface area is 233 Å². The van der Waals surface area contributed by atoms with Crippen LogP contribution in [0.4, 0.5) is 0 Å².